The summed E-state index contributed by atoms with van der Waals surface area (Å²) in [5.41, 5.74) is 0.894. The first-order valence-electron chi connectivity index (χ1n) is 3.79. The average molecular weight is 208 g/mol. The largest absolute Gasteiger partial charge is 0.444 e. The highest BCUT2D eigenvalue weighted by Gasteiger charge is 2.14. The number of aryl methyl sites for hydroxylation is 2. The smallest absolute Gasteiger partial charge is 0.212 e. The van der Waals surface area contributed by atoms with Crippen LogP contribution in [0.5, 0.6) is 0 Å². The zero-order chi connectivity index (χ0) is 9.14. The van der Waals surface area contributed by atoms with Gasteiger partial charge in [0, 0.05) is 5.88 Å². The molecule has 68 valence electrons. The Morgan fingerprint density at radius 3 is 2.58 bits per heavy atom. The zero-order valence-electron chi connectivity index (χ0n) is 7.10. The lowest BCUT2D eigenvalue weighted by Gasteiger charge is -1.99. The van der Waals surface area contributed by atoms with Crippen LogP contribution in [-0.4, -0.2) is 10.9 Å². The van der Waals surface area contributed by atoms with Crippen molar-refractivity contribution >= 4 is 23.2 Å². The number of nitrogens with zero attached hydrogens (tertiary/aromatic N) is 1. The van der Waals surface area contributed by atoms with E-state index in [-0.39, 0.29) is 5.38 Å². The molecule has 1 rings (SSSR count). The van der Waals surface area contributed by atoms with Crippen molar-refractivity contribution in [3.63, 3.8) is 0 Å². The monoisotopic (exact) mass is 207 g/mol. The van der Waals surface area contributed by atoms with E-state index >= 15 is 0 Å². The second-order valence-corrected chi connectivity index (χ2v) is 3.54. The van der Waals surface area contributed by atoms with Crippen LogP contribution in [0, 0.1) is 13.8 Å². The van der Waals surface area contributed by atoms with Gasteiger partial charge in [-0.3, -0.25) is 0 Å². The van der Waals surface area contributed by atoms with Gasteiger partial charge in [0.1, 0.15) is 11.1 Å². The first-order valence-corrected chi connectivity index (χ1v) is 4.76. The van der Waals surface area contributed by atoms with Gasteiger partial charge in [0.2, 0.25) is 5.89 Å². The first-order chi connectivity index (χ1) is 5.65. The van der Waals surface area contributed by atoms with E-state index in [1.54, 1.807) is 0 Å². The van der Waals surface area contributed by atoms with E-state index < -0.39 is 0 Å². The van der Waals surface area contributed by atoms with Crippen LogP contribution < -0.4 is 0 Å². The van der Waals surface area contributed by atoms with Gasteiger partial charge in [0.15, 0.2) is 0 Å². The molecular weight excluding hydrogens is 197 g/mol. The normalized spacial score (nSPS) is 13.3. The third-order valence-corrected chi connectivity index (χ3v) is 2.30. The van der Waals surface area contributed by atoms with Crippen LogP contribution in [0.3, 0.4) is 0 Å². The summed E-state index contributed by atoms with van der Waals surface area (Å²) >= 11 is 11.5. The van der Waals surface area contributed by atoms with Crippen molar-refractivity contribution in [2.45, 2.75) is 25.6 Å². The highest BCUT2D eigenvalue weighted by atomic mass is 35.5. The van der Waals surface area contributed by atoms with Crippen molar-refractivity contribution in [2.24, 2.45) is 0 Å². The summed E-state index contributed by atoms with van der Waals surface area (Å²) in [5.74, 6) is 1.92. The van der Waals surface area contributed by atoms with Crippen LogP contribution in [0.4, 0.5) is 0 Å². The minimum atomic E-state index is -0.199. The molecule has 0 aliphatic heterocycles. The van der Waals surface area contributed by atoms with E-state index in [9.17, 15) is 0 Å². The Morgan fingerprint density at radius 2 is 2.17 bits per heavy atom. The SMILES string of the molecule is Cc1nc(C(Cl)CCCl)oc1C. The maximum Gasteiger partial charge on any atom is 0.212 e. The van der Waals surface area contributed by atoms with E-state index in [1.165, 1.54) is 0 Å². The van der Waals surface area contributed by atoms with Gasteiger partial charge in [-0.25, -0.2) is 4.98 Å². The molecule has 0 saturated heterocycles. The van der Waals surface area contributed by atoms with E-state index in [0.29, 0.717) is 18.2 Å². The van der Waals surface area contributed by atoms with Gasteiger partial charge in [0.05, 0.1) is 5.69 Å². The number of oxazole rings is 1. The van der Waals surface area contributed by atoms with Gasteiger partial charge < -0.3 is 4.42 Å². The molecule has 0 aromatic carbocycles. The quantitative estimate of drug-likeness (QED) is 0.713. The summed E-state index contributed by atoms with van der Waals surface area (Å²) in [4.78, 5) is 4.17. The molecule has 0 fully saturated rings. The molecule has 1 aromatic heterocycles. The summed E-state index contributed by atoms with van der Waals surface area (Å²) in [6.07, 6.45) is 0.683. The molecule has 0 N–H and O–H groups in total. The minimum absolute atomic E-state index is 0.199. The molecule has 0 saturated carbocycles. The number of hydrogen-bond acceptors (Lipinski definition) is 2. The fourth-order valence-corrected chi connectivity index (χ4v) is 1.38. The Balaban J connectivity index is 2.74. The fourth-order valence-electron chi connectivity index (χ4n) is 0.851. The van der Waals surface area contributed by atoms with Crippen molar-refractivity contribution in [2.75, 3.05) is 5.88 Å². The predicted octanol–water partition coefficient (Wildman–Crippen LogP) is 3.20. The van der Waals surface area contributed by atoms with Crippen molar-refractivity contribution < 1.29 is 4.42 Å². The standard InChI is InChI=1S/C8H11Cl2NO/c1-5-6(2)12-8(11-5)7(10)3-4-9/h7H,3-4H2,1-2H3. The molecule has 0 radical (unpaired) electrons. The van der Waals surface area contributed by atoms with Gasteiger partial charge >= 0.3 is 0 Å². The molecule has 0 bridgehead atoms. The third kappa shape index (κ3) is 2.14. The Hall–Kier alpha value is -0.210. The lowest BCUT2D eigenvalue weighted by atomic mass is 10.3. The second-order valence-electron chi connectivity index (χ2n) is 2.64. The topological polar surface area (TPSA) is 26.0 Å². The molecule has 4 heteroatoms. The molecule has 0 spiro atoms. The Bertz CT molecular complexity index is 240. The second kappa shape index (κ2) is 4.15. The molecule has 12 heavy (non-hydrogen) atoms. The average Bonchev–Trinajstić information content (AvgIpc) is 2.33. The van der Waals surface area contributed by atoms with Crippen LogP contribution in [-0.2, 0) is 0 Å². The van der Waals surface area contributed by atoms with Crippen LogP contribution in [0.1, 0.15) is 29.1 Å². The number of alkyl halides is 2. The van der Waals surface area contributed by atoms with Crippen molar-refractivity contribution in [1.82, 2.24) is 4.98 Å². The molecular formula is C8H11Cl2NO. The van der Waals surface area contributed by atoms with Crippen molar-refractivity contribution in [1.29, 1.82) is 0 Å². The Kier molecular flexibility index (Phi) is 3.41. The van der Waals surface area contributed by atoms with E-state index in [2.05, 4.69) is 4.98 Å². The van der Waals surface area contributed by atoms with Gasteiger partial charge in [-0.2, -0.15) is 0 Å². The fraction of sp³-hybridized carbons (Fsp3) is 0.625. The number of hydrogen-bond donors (Lipinski definition) is 0. The Labute approximate surface area is 81.9 Å². The maximum atomic E-state index is 5.95. The summed E-state index contributed by atoms with van der Waals surface area (Å²) in [6.45, 7) is 3.77. The van der Waals surface area contributed by atoms with E-state index in [0.717, 1.165) is 11.5 Å². The summed E-state index contributed by atoms with van der Waals surface area (Å²) < 4.78 is 5.33. The summed E-state index contributed by atoms with van der Waals surface area (Å²) in [6, 6.07) is 0. The van der Waals surface area contributed by atoms with E-state index in [4.69, 9.17) is 27.6 Å². The first kappa shape index (κ1) is 9.87. The number of aromatic nitrogens is 1. The van der Waals surface area contributed by atoms with Gasteiger partial charge in [-0.1, -0.05) is 0 Å². The molecule has 1 aromatic rings. The lowest BCUT2D eigenvalue weighted by molar-refractivity contribution is 0.462. The molecule has 2 nitrogen and oxygen atoms in total. The predicted molar refractivity (Wildman–Crippen MR) is 49.9 cm³/mol. The minimum Gasteiger partial charge on any atom is -0.444 e. The molecule has 0 aliphatic rings. The van der Waals surface area contributed by atoms with Gasteiger partial charge in [-0.15, -0.1) is 23.2 Å². The third-order valence-electron chi connectivity index (χ3n) is 1.68. The Morgan fingerprint density at radius 1 is 1.50 bits per heavy atom. The number of rotatable bonds is 3. The lowest BCUT2D eigenvalue weighted by Crippen LogP contribution is -1.91. The molecule has 1 unspecified atom stereocenters. The van der Waals surface area contributed by atoms with Gasteiger partial charge in [-0.05, 0) is 20.3 Å². The number of halogens is 2. The molecule has 0 aliphatic carbocycles. The van der Waals surface area contributed by atoms with Crippen molar-refractivity contribution in [3.8, 4) is 0 Å². The molecule has 1 atom stereocenters. The van der Waals surface area contributed by atoms with E-state index in [1.807, 2.05) is 13.8 Å². The maximum absolute atomic E-state index is 5.95. The van der Waals surface area contributed by atoms with Crippen LogP contribution in [0.2, 0.25) is 0 Å². The van der Waals surface area contributed by atoms with Gasteiger partial charge in [0.25, 0.3) is 0 Å². The highest BCUT2D eigenvalue weighted by Crippen LogP contribution is 2.25. The van der Waals surface area contributed by atoms with Crippen LogP contribution in [0.25, 0.3) is 0 Å². The van der Waals surface area contributed by atoms with Crippen LogP contribution in [0.15, 0.2) is 4.42 Å². The highest BCUT2D eigenvalue weighted by molar-refractivity contribution is 6.22. The van der Waals surface area contributed by atoms with Crippen LogP contribution >= 0.6 is 23.2 Å². The summed E-state index contributed by atoms with van der Waals surface area (Å²) in [5, 5.41) is -0.199. The molecule has 0 amide bonds. The summed E-state index contributed by atoms with van der Waals surface area (Å²) in [7, 11) is 0. The molecule has 1 heterocycles. The zero-order valence-corrected chi connectivity index (χ0v) is 8.61. The van der Waals surface area contributed by atoms with Crippen molar-refractivity contribution in [3.05, 3.63) is 17.3 Å².